The second-order valence-electron chi connectivity index (χ2n) is 7.74. The summed E-state index contributed by atoms with van der Waals surface area (Å²) in [6, 6.07) is 4.72. The summed E-state index contributed by atoms with van der Waals surface area (Å²) in [5.74, 6) is -1.26. The third-order valence-corrected chi connectivity index (χ3v) is 5.72. The molecule has 0 saturated carbocycles. The summed E-state index contributed by atoms with van der Waals surface area (Å²) < 4.78 is 47.6. The fraction of sp³-hybridized carbons (Fsp3) is 0.400. The van der Waals surface area contributed by atoms with E-state index in [0.717, 1.165) is 12.1 Å². The highest BCUT2D eigenvalue weighted by Crippen LogP contribution is 2.44. The van der Waals surface area contributed by atoms with Crippen LogP contribution in [-0.4, -0.2) is 42.6 Å². The smallest absolute Gasteiger partial charge is 0.263 e. The van der Waals surface area contributed by atoms with Gasteiger partial charge < -0.3 is 25.3 Å². The van der Waals surface area contributed by atoms with Crippen LogP contribution in [0.5, 0.6) is 0 Å². The van der Waals surface area contributed by atoms with E-state index in [9.17, 15) is 23.4 Å². The van der Waals surface area contributed by atoms with Crippen LogP contribution in [0.3, 0.4) is 0 Å². The van der Waals surface area contributed by atoms with E-state index < -0.39 is 47.8 Å². The third kappa shape index (κ3) is 3.21. The van der Waals surface area contributed by atoms with Gasteiger partial charge in [0, 0.05) is 17.7 Å². The van der Waals surface area contributed by atoms with Crippen LogP contribution in [0, 0.1) is 5.82 Å². The van der Waals surface area contributed by atoms with Gasteiger partial charge in [0.25, 0.3) is 6.43 Å². The highest BCUT2D eigenvalue weighted by Gasteiger charge is 2.55. The van der Waals surface area contributed by atoms with Gasteiger partial charge in [0.05, 0.1) is 11.5 Å². The van der Waals surface area contributed by atoms with Crippen molar-refractivity contribution < 1.29 is 28.1 Å². The molecule has 5 atom stereocenters. The molecule has 1 aromatic carbocycles. The molecular weight excluding hydrogens is 401 g/mol. The summed E-state index contributed by atoms with van der Waals surface area (Å²) in [7, 11) is 0. The lowest BCUT2D eigenvalue weighted by atomic mass is 9.83. The molecule has 0 aliphatic carbocycles. The predicted molar refractivity (Wildman–Crippen MR) is 102 cm³/mol. The molecule has 4 rings (SSSR count). The maximum atomic E-state index is 13.9. The second kappa shape index (κ2) is 7.22. The zero-order valence-electron chi connectivity index (χ0n) is 16.2. The van der Waals surface area contributed by atoms with E-state index >= 15 is 0 Å². The van der Waals surface area contributed by atoms with Crippen LogP contribution in [0.4, 0.5) is 19.0 Å². The molecule has 1 fully saturated rings. The molecule has 160 valence electrons. The molecule has 1 saturated heterocycles. The summed E-state index contributed by atoms with van der Waals surface area (Å²) in [6.07, 6.45) is -3.38. The molecule has 4 N–H and O–H groups in total. The number of benzene rings is 1. The molecule has 1 aliphatic heterocycles. The lowest BCUT2D eigenvalue weighted by Crippen LogP contribution is -2.46. The Balaban J connectivity index is 1.71. The van der Waals surface area contributed by atoms with Crippen LogP contribution in [-0.2, 0) is 4.74 Å². The van der Waals surface area contributed by atoms with Gasteiger partial charge in [0.2, 0.25) is 0 Å². The normalized spacial score (nSPS) is 27.8. The van der Waals surface area contributed by atoms with Crippen LogP contribution < -0.4 is 5.73 Å². The van der Waals surface area contributed by atoms with Crippen LogP contribution >= 0.6 is 0 Å². The zero-order chi connectivity index (χ0) is 21.8. The van der Waals surface area contributed by atoms with Crippen molar-refractivity contribution in [1.29, 1.82) is 0 Å². The van der Waals surface area contributed by atoms with Gasteiger partial charge in [-0.3, -0.25) is 0 Å². The number of anilines is 1. The quantitative estimate of drug-likeness (QED) is 0.597. The number of fused-ring (bicyclic) bond motifs is 1. The first-order valence-electron chi connectivity index (χ1n) is 9.32. The van der Waals surface area contributed by atoms with Crippen LogP contribution in [0.15, 0.2) is 36.8 Å². The predicted octanol–water partition coefficient (Wildman–Crippen LogP) is 2.90. The Morgan fingerprint density at radius 2 is 1.93 bits per heavy atom. The van der Waals surface area contributed by atoms with E-state index in [1.165, 1.54) is 23.9 Å². The second-order valence-corrected chi connectivity index (χ2v) is 7.74. The first-order chi connectivity index (χ1) is 14.1. The lowest BCUT2D eigenvalue weighted by Gasteiger charge is -2.31. The first-order valence-corrected chi connectivity index (χ1v) is 9.32. The summed E-state index contributed by atoms with van der Waals surface area (Å²) in [6.45, 7) is 3.01. The van der Waals surface area contributed by atoms with Gasteiger partial charge in [-0.05, 0) is 36.8 Å². The minimum absolute atomic E-state index is 0.229. The zero-order valence-corrected chi connectivity index (χ0v) is 16.2. The lowest BCUT2D eigenvalue weighted by molar-refractivity contribution is -0.0705. The number of nitrogen functional groups attached to an aromatic ring is 1. The number of ether oxygens (including phenoxy) is 1. The van der Waals surface area contributed by atoms with Crippen LogP contribution in [0.25, 0.3) is 11.0 Å². The Morgan fingerprint density at radius 1 is 1.23 bits per heavy atom. The molecule has 0 radical (unpaired) electrons. The Labute approximate surface area is 169 Å². The summed E-state index contributed by atoms with van der Waals surface area (Å²) in [5.41, 5.74) is 4.26. The van der Waals surface area contributed by atoms with E-state index in [1.807, 2.05) is 0 Å². The van der Waals surface area contributed by atoms with Crippen molar-refractivity contribution in [3.8, 4) is 0 Å². The van der Waals surface area contributed by atoms with Gasteiger partial charge in [-0.1, -0.05) is 6.92 Å². The SMILES string of the molecule is C[C@@H](c1cc(F)cc(C(F)F)c1)[C@H]1O[C@@H](n2ccc3c(N)ncnc32)[C@H](O)[C@]1(C)O. The average molecular weight is 422 g/mol. The van der Waals surface area contributed by atoms with Crippen LogP contribution in [0.1, 0.15) is 43.5 Å². The molecule has 7 nitrogen and oxygen atoms in total. The molecule has 3 aromatic rings. The van der Waals surface area contributed by atoms with E-state index in [-0.39, 0.29) is 11.4 Å². The van der Waals surface area contributed by atoms with Gasteiger partial charge in [-0.2, -0.15) is 0 Å². The summed E-state index contributed by atoms with van der Waals surface area (Å²) >= 11 is 0. The number of hydrogen-bond donors (Lipinski definition) is 3. The Kier molecular flexibility index (Phi) is 4.95. The average Bonchev–Trinajstić information content (AvgIpc) is 3.21. The molecule has 30 heavy (non-hydrogen) atoms. The largest absolute Gasteiger partial charge is 0.385 e. The summed E-state index contributed by atoms with van der Waals surface area (Å²) in [5, 5.41) is 22.4. The highest BCUT2D eigenvalue weighted by molar-refractivity contribution is 5.86. The molecule has 2 aromatic heterocycles. The van der Waals surface area contributed by atoms with Crippen molar-refractivity contribution in [2.24, 2.45) is 0 Å². The molecule has 3 heterocycles. The number of nitrogens with two attached hydrogens (primary N) is 1. The number of aliphatic hydroxyl groups is 2. The Hall–Kier alpha value is -2.69. The van der Waals surface area contributed by atoms with E-state index in [2.05, 4.69) is 9.97 Å². The maximum absolute atomic E-state index is 13.9. The molecule has 0 unspecified atom stereocenters. The first kappa shape index (κ1) is 20.6. The van der Waals surface area contributed by atoms with E-state index in [1.54, 1.807) is 19.2 Å². The number of rotatable bonds is 4. The molecule has 10 heteroatoms. The van der Waals surface area contributed by atoms with Gasteiger partial charge in [-0.15, -0.1) is 0 Å². The molecule has 0 spiro atoms. The minimum Gasteiger partial charge on any atom is -0.385 e. The van der Waals surface area contributed by atoms with Gasteiger partial charge in [-0.25, -0.2) is 23.1 Å². The highest BCUT2D eigenvalue weighted by atomic mass is 19.3. The van der Waals surface area contributed by atoms with Crippen molar-refractivity contribution in [3.63, 3.8) is 0 Å². The number of aromatic nitrogens is 3. The number of alkyl halides is 2. The fourth-order valence-electron chi connectivity index (χ4n) is 4.06. The van der Waals surface area contributed by atoms with E-state index in [4.69, 9.17) is 10.5 Å². The number of aliphatic hydroxyl groups excluding tert-OH is 1. The van der Waals surface area contributed by atoms with Crippen molar-refractivity contribution in [2.75, 3.05) is 5.73 Å². The van der Waals surface area contributed by atoms with Crippen molar-refractivity contribution in [3.05, 3.63) is 53.7 Å². The van der Waals surface area contributed by atoms with Gasteiger partial charge >= 0.3 is 0 Å². The third-order valence-electron chi connectivity index (χ3n) is 5.72. The van der Waals surface area contributed by atoms with Crippen LogP contribution in [0.2, 0.25) is 0 Å². The molecule has 0 bridgehead atoms. The maximum Gasteiger partial charge on any atom is 0.263 e. The molecule has 1 aliphatic rings. The topological polar surface area (TPSA) is 106 Å². The van der Waals surface area contributed by atoms with E-state index in [0.29, 0.717) is 11.0 Å². The van der Waals surface area contributed by atoms with Crippen molar-refractivity contribution >= 4 is 16.9 Å². The Morgan fingerprint density at radius 3 is 2.63 bits per heavy atom. The number of hydrogen-bond acceptors (Lipinski definition) is 6. The van der Waals surface area contributed by atoms with Crippen molar-refractivity contribution in [2.45, 2.75) is 50.2 Å². The van der Waals surface area contributed by atoms with Gasteiger partial charge in [0.1, 0.15) is 35.3 Å². The minimum atomic E-state index is -2.84. The molecule has 0 amide bonds. The molecular formula is C20H21F3N4O3. The number of halogens is 3. The van der Waals surface area contributed by atoms with Gasteiger partial charge in [0.15, 0.2) is 6.23 Å². The standard InChI is InChI=1S/C20H21F3N4O3/c1-9(10-5-11(16(22)23)7-12(21)6-10)15-20(2,29)14(28)19(30-15)27-4-3-13-17(24)25-8-26-18(13)27/h3-9,14-16,19,28-29H,1-2H3,(H2,24,25,26)/t9-,14-,15+,19+,20-/m0/s1. The number of nitrogens with zero attached hydrogens (tertiary/aromatic N) is 3. The van der Waals surface area contributed by atoms with Crippen molar-refractivity contribution in [1.82, 2.24) is 14.5 Å². The monoisotopic (exact) mass is 422 g/mol. The fourth-order valence-corrected chi connectivity index (χ4v) is 4.06. The summed E-state index contributed by atoms with van der Waals surface area (Å²) in [4.78, 5) is 8.08. The Bertz CT molecular complexity index is 1090.